The lowest BCUT2D eigenvalue weighted by atomic mass is 10.1. The molecule has 0 N–H and O–H groups in total. The average molecular weight is 348 g/mol. The highest BCUT2D eigenvalue weighted by atomic mass is 19.1. The molecule has 132 valence electrons. The van der Waals surface area contributed by atoms with Crippen LogP contribution in [0.5, 0.6) is 0 Å². The third kappa shape index (κ3) is 3.84. The van der Waals surface area contributed by atoms with Crippen LogP contribution in [0.1, 0.15) is 15.9 Å². The molecule has 0 bridgehead atoms. The number of piperazine rings is 1. The SMILES string of the molecule is Cc1cnn(CC(=O)N2CCN(C(=O)c3ccc(F)cc3F)CC2)c1. The zero-order valence-electron chi connectivity index (χ0n) is 13.8. The Hall–Kier alpha value is -2.77. The Morgan fingerprint density at radius 3 is 2.40 bits per heavy atom. The van der Waals surface area contributed by atoms with Crippen LogP contribution in [0.25, 0.3) is 0 Å². The number of rotatable bonds is 3. The van der Waals surface area contributed by atoms with Gasteiger partial charge in [0.15, 0.2) is 0 Å². The summed E-state index contributed by atoms with van der Waals surface area (Å²) in [5.74, 6) is -2.17. The van der Waals surface area contributed by atoms with Crippen molar-refractivity contribution in [3.63, 3.8) is 0 Å². The number of benzene rings is 1. The lowest BCUT2D eigenvalue weighted by Crippen LogP contribution is -2.51. The van der Waals surface area contributed by atoms with Crippen LogP contribution < -0.4 is 0 Å². The summed E-state index contributed by atoms with van der Waals surface area (Å²) in [4.78, 5) is 27.7. The van der Waals surface area contributed by atoms with E-state index in [0.717, 1.165) is 17.7 Å². The van der Waals surface area contributed by atoms with E-state index in [-0.39, 0.29) is 18.0 Å². The van der Waals surface area contributed by atoms with Gasteiger partial charge in [0.05, 0.1) is 11.8 Å². The summed E-state index contributed by atoms with van der Waals surface area (Å²) in [6.45, 7) is 3.39. The molecule has 2 amide bonds. The van der Waals surface area contributed by atoms with Gasteiger partial charge in [-0.15, -0.1) is 0 Å². The van der Waals surface area contributed by atoms with E-state index in [1.54, 1.807) is 22.0 Å². The summed E-state index contributed by atoms with van der Waals surface area (Å²) in [6.07, 6.45) is 3.47. The van der Waals surface area contributed by atoms with Crippen molar-refractivity contribution in [1.29, 1.82) is 0 Å². The number of halogens is 2. The molecule has 1 aromatic carbocycles. The standard InChI is InChI=1S/C17H18F2N4O2/c1-12-9-20-23(10-12)11-16(24)21-4-6-22(7-5-21)17(25)14-3-2-13(18)8-15(14)19/h2-3,8-10H,4-7,11H2,1H3. The maximum Gasteiger partial charge on any atom is 0.256 e. The van der Waals surface area contributed by atoms with Gasteiger partial charge in [-0.3, -0.25) is 14.3 Å². The van der Waals surface area contributed by atoms with E-state index >= 15 is 0 Å². The fraction of sp³-hybridized carbons (Fsp3) is 0.353. The fourth-order valence-corrected chi connectivity index (χ4v) is 2.78. The van der Waals surface area contributed by atoms with Crippen molar-refractivity contribution in [3.8, 4) is 0 Å². The second-order valence-corrected chi connectivity index (χ2v) is 6.01. The lowest BCUT2D eigenvalue weighted by molar-refractivity contribution is -0.133. The summed E-state index contributed by atoms with van der Waals surface area (Å²) in [7, 11) is 0. The van der Waals surface area contributed by atoms with E-state index < -0.39 is 17.5 Å². The van der Waals surface area contributed by atoms with Gasteiger partial charge in [-0.2, -0.15) is 5.10 Å². The van der Waals surface area contributed by atoms with Gasteiger partial charge >= 0.3 is 0 Å². The first-order valence-corrected chi connectivity index (χ1v) is 7.95. The van der Waals surface area contributed by atoms with Gasteiger partial charge in [0.25, 0.3) is 5.91 Å². The van der Waals surface area contributed by atoms with Gasteiger partial charge in [-0.1, -0.05) is 0 Å². The number of nitrogens with zero attached hydrogens (tertiary/aromatic N) is 4. The number of carbonyl (C=O) groups is 2. The van der Waals surface area contributed by atoms with Crippen LogP contribution in [0.2, 0.25) is 0 Å². The first kappa shape index (κ1) is 17.1. The van der Waals surface area contributed by atoms with Crippen molar-refractivity contribution in [2.24, 2.45) is 0 Å². The minimum absolute atomic E-state index is 0.0804. The second-order valence-electron chi connectivity index (χ2n) is 6.01. The van der Waals surface area contributed by atoms with E-state index in [1.807, 2.05) is 6.92 Å². The smallest absolute Gasteiger partial charge is 0.256 e. The third-order valence-electron chi connectivity index (χ3n) is 4.14. The number of amides is 2. The Morgan fingerprint density at radius 2 is 1.80 bits per heavy atom. The number of hydrogen-bond acceptors (Lipinski definition) is 3. The molecule has 8 heteroatoms. The molecule has 1 aliphatic rings. The van der Waals surface area contributed by atoms with E-state index in [9.17, 15) is 18.4 Å². The quantitative estimate of drug-likeness (QED) is 0.844. The Kier molecular flexibility index (Phi) is 4.78. The molecule has 6 nitrogen and oxygen atoms in total. The van der Waals surface area contributed by atoms with Crippen LogP contribution in [-0.2, 0) is 11.3 Å². The molecule has 0 saturated carbocycles. The van der Waals surface area contributed by atoms with Crippen LogP contribution in [0, 0.1) is 18.6 Å². The van der Waals surface area contributed by atoms with E-state index in [0.29, 0.717) is 32.2 Å². The predicted octanol–water partition coefficient (Wildman–Crippen LogP) is 1.45. The monoisotopic (exact) mass is 348 g/mol. The molecule has 25 heavy (non-hydrogen) atoms. The average Bonchev–Trinajstić information content (AvgIpc) is 2.99. The number of carbonyl (C=O) groups excluding carboxylic acids is 2. The Labute approximate surface area is 143 Å². The molecule has 0 spiro atoms. The van der Waals surface area contributed by atoms with Gasteiger partial charge in [0, 0.05) is 38.4 Å². The summed E-state index contributed by atoms with van der Waals surface area (Å²) in [6, 6.07) is 2.89. The molecule has 1 aliphatic heterocycles. The number of hydrogen-bond donors (Lipinski definition) is 0. The molecule has 1 aromatic heterocycles. The molecule has 3 rings (SSSR count). The molecular formula is C17H18F2N4O2. The second kappa shape index (κ2) is 7.00. The van der Waals surface area contributed by atoms with Crippen LogP contribution in [0.4, 0.5) is 8.78 Å². The Bertz CT molecular complexity index is 798. The largest absolute Gasteiger partial charge is 0.338 e. The molecule has 0 radical (unpaired) electrons. The van der Waals surface area contributed by atoms with Crippen LogP contribution in [-0.4, -0.2) is 57.6 Å². The first-order valence-electron chi connectivity index (χ1n) is 7.95. The maximum atomic E-state index is 13.7. The summed E-state index contributed by atoms with van der Waals surface area (Å²) >= 11 is 0. The first-order chi connectivity index (χ1) is 11.9. The predicted molar refractivity (Wildman–Crippen MR) is 85.8 cm³/mol. The van der Waals surface area contributed by atoms with Crippen LogP contribution >= 0.6 is 0 Å². The minimum atomic E-state index is -0.877. The van der Waals surface area contributed by atoms with Gasteiger partial charge in [-0.05, 0) is 24.6 Å². The summed E-state index contributed by atoms with van der Waals surface area (Å²) < 4.78 is 28.3. The van der Waals surface area contributed by atoms with Gasteiger partial charge in [0.2, 0.25) is 5.91 Å². The van der Waals surface area contributed by atoms with Gasteiger partial charge in [-0.25, -0.2) is 8.78 Å². The molecule has 1 fully saturated rings. The Morgan fingerprint density at radius 1 is 1.12 bits per heavy atom. The number of aryl methyl sites for hydroxylation is 1. The summed E-state index contributed by atoms with van der Waals surface area (Å²) in [5.41, 5.74) is 0.817. The minimum Gasteiger partial charge on any atom is -0.338 e. The van der Waals surface area contributed by atoms with E-state index in [2.05, 4.69) is 5.10 Å². The van der Waals surface area contributed by atoms with Crippen molar-refractivity contribution < 1.29 is 18.4 Å². The zero-order valence-corrected chi connectivity index (χ0v) is 13.8. The van der Waals surface area contributed by atoms with Gasteiger partial charge < -0.3 is 9.80 Å². The fourth-order valence-electron chi connectivity index (χ4n) is 2.78. The van der Waals surface area contributed by atoms with Crippen molar-refractivity contribution in [1.82, 2.24) is 19.6 Å². The van der Waals surface area contributed by atoms with Gasteiger partial charge in [0.1, 0.15) is 18.2 Å². The molecule has 0 atom stereocenters. The molecule has 2 heterocycles. The van der Waals surface area contributed by atoms with Crippen LogP contribution in [0.15, 0.2) is 30.6 Å². The molecule has 1 saturated heterocycles. The topological polar surface area (TPSA) is 58.4 Å². The number of aromatic nitrogens is 2. The molecule has 0 aliphatic carbocycles. The molecule has 0 unspecified atom stereocenters. The maximum absolute atomic E-state index is 13.7. The molecular weight excluding hydrogens is 330 g/mol. The lowest BCUT2D eigenvalue weighted by Gasteiger charge is -2.34. The highest BCUT2D eigenvalue weighted by Gasteiger charge is 2.26. The van der Waals surface area contributed by atoms with Crippen molar-refractivity contribution >= 4 is 11.8 Å². The van der Waals surface area contributed by atoms with Crippen molar-refractivity contribution in [2.45, 2.75) is 13.5 Å². The zero-order chi connectivity index (χ0) is 18.0. The van der Waals surface area contributed by atoms with Crippen molar-refractivity contribution in [2.75, 3.05) is 26.2 Å². The van der Waals surface area contributed by atoms with Crippen LogP contribution in [0.3, 0.4) is 0 Å². The Balaban J connectivity index is 1.57. The molecule has 2 aromatic rings. The highest BCUT2D eigenvalue weighted by Crippen LogP contribution is 2.14. The van der Waals surface area contributed by atoms with E-state index in [4.69, 9.17) is 0 Å². The highest BCUT2D eigenvalue weighted by molar-refractivity contribution is 5.94. The van der Waals surface area contributed by atoms with E-state index in [1.165, 1.54) is 4.90 Å². The normalized spacial score (nSPS) is 14.7. The summed E-state index contributed by atoms with van der Waals surface area (Å²) in [5, 5.41) is 4.08. The van der Waals surface area contributed by atoms with Crippen molar-refractivity contribution in [3.05, 3.63) is 53.4 Å². The third-order valence-corrected chi connectivity index (χ3v) is 4.14.